The maximum absolute atomic E-state index is 11.5. The van der Waals surface area contributed by atoms with Crippen LogP contribution in [0, 0.1) is 0 Å². The first kappa shape index (κ1) is 11.6. The Bertz CT molecular complexity index is 512. The Morgan fingerprint density at radius 3 is 2.56 bits per heavy atom. The van der Waals surface area contributed by atoms with Crippen molar-refractivity contribution in [3.05, 3.63) is 29.1 Å². The fourth-order valence-electron chi connectivity index (χ4n) is 1.87. The molecule has 0 N–H and O–H groups in total. The van der Waals surface area contributed by atoms with Crippen molar-refractivity contribution in [2.24, 2.45) is 0 Å². The summed E-state index contributed by atoms with van der Waals surface area (Å²) in [4.78, 5) is 4.36. The van der Waals surface area contributed by atoms with Gasteiger partial charge in [0, 0.05) is 17.3 Å². The monoisotopic (exact) mass is 239 g/mol. The van der Waals surface area contributed by atoms with Crippen molar-refractivity contribution < 1.29 is 8.42 Å². The highest BCUT2D eigenvalue weighted by Gasteiger charge is 2.24. The highest BCUT2D eigenvalue weighted by molar-refractivity contribution is 7.90. The van der Waals surface area contributed by atoms with E-state index in [0.717, 1.165) is 16.8 Å². The predicted molar refractivity (Wildman–Crippen MR) is 64.1 cm³/mol. The average Bonchev–Trinajstić information content (AvgIpc) is 2.14. The van der Waals surface area contributed by atoms with Gasteiger partial charge in [-0.2, -0.15) is 0 Å². The van der Waals surface area contributed by atoms with Gasteiger partial charge in [-0.3, -0.25) is 4.98 Å². The molecule has 0 saturated carbocycles. The Morgan fingerprint density at radius 1 is 1.25 bits per heavy atom. The van der Waals surface area contributed by atoms with Gasteiger partial charge in [0.1, 0.15) is 0 Å². The number of nitrogens with zero attached hydrogens (tertiary/aromatic N) is 1. The normalized spacial score (nSPS) is 19.2. The molecule has 0 aromatic carbocycles. The molecule has 0 aliphatic carbocycles. The van der Waals surface area contributed by atoms with Gasteiger partial charge in [-0.05, 0) is 23.6 Å². The number of pyridine rings is 1. The van der Waals surface area contributed by atoms with Crippen LogP contribution in [-0.4, -0.2) is 19.2 Å². The van der Waals surface area contributed by atoms with E-state index in [-0.39, 0.29) is 16.9 Å². The molecular weight excluding hydrogens is 222 g/mol. The van der Waals surface area contributed by atoms with Gasteiger partial charge in [-0.25, -0.2) is 8.42 Å². The molecule has 1 aromatic rings. The number of fused-ring (bicyclic) bond motifs is 1. The third-order valence-electron chi connectivity index (χ3n) is 2.91. The van der Waals surface area contributed by atoms with Crippen LogP contribution in [0.2, 0.25) is 0 Å². The van der Waals surface area contributed by atoms with Crippen LogP contribution in [0.25, 0.3) is 0 Å². The Balaban J connectivity index is 2.43. The molecule has 16 heavy (non-hydrogen) atoms. The quantitative estimate of drug-likeness (QED) is 0.694. The Morgan fingerprint density at radius 2 is 1.94 bits per heavy atom. The zero-order valence-electron chi connectivity index (χ0n) is 9.95. The minimum Gasteiger partial charge on any atom is -0.260 e. The summed E-state index contributed by atoms with van der Waals surface area (Å²) in [5.74, 6) is 0.424. The largest absolute Gasteiger partial charge is 0.260 e. The summed E-state index contributed by atoms with van der Waals surface area (Å²) in [5, 5.41) is 0. The minimum absolute atomic E-state index is 0.0192. The third kappa shape index (κ3) is 2.26. The van der Waals surface area contributed by atoms with Crippen molar-refractivity contribution >= 4 is 9.84 Å². The molecule has 1 aromatic heterocycles. The number of sulfone groups is 1. The lowest BCUT2D eigenvalue weighted by atomic mass is 9.90. The van der Waals surface area contributed by atoms with Crippen molar-refractivity contribution in [1.29, 1.82) is 0 Å². The highest BCUT2D eigenvalue weighted by atomic mass is 32.2. The molecule has 0 amide bonds. The van der Waals surface area contributed by atoms with Crippen LogP contribution < -0.4 is 0 Å². The Kier molecular flexibility index (Phi) is 2.57. The van der Waals surface area contributed by atoms with Crippen LogP contribution in [0.1, 0.15) is 37.6 Å². The molecule has 1 aliphatic rings. The van der Waals surface area contributed by atoms with E-state index in [2.05, 4.69) is 31.8 Å². The van der Waals surface area contributed by atoms with E-state index in [4.69, 9.17) is 0 Å². The fourth-order valence-corrected chi connectivity index (χ4v) is 3.28. The van der Waals surface area contributed by atoms with Crippen molar-refractivity contribution in [1.82, 2.24) is 4.98 Å². The van der Waals surface area contributed by atoms with Gasteiger partial charge in [0.25, 0.3) is 0 Å². The zero-order valence-corrected chi connectivity index (χ0v) is 10.8. The van der Waals surface area contributed by atoms with Crippen molar-refractivity contribution in [2.45, 2.75) is 38.4 Å². The summed E-state index contributed by atoms with van der Waals surface area (Å²) in [6, 6.07) is 2.06. The molecule has 0 saturated heterocycles. The van der Waals surface area contributed by atoms with Crippen LogP contribution in [-0.2, 0) is 27.4 Å². The predicted octanol–water partition coefficient (Wildman–Crippen LogP) is 1.85. The van der Waals surface area contributed by atoms with E-state index in [1.165, 1.54) is 0 Å². The number of aryl methyl sites for hydroxylation is 1. The Hall–Kier alpha value is -0.900. The molecule has 0 unspecified atom stereocenters. The van der Waals surface area contributed by atoms with Gasteiger partial charge in [0.15, 0.2) is 9.84 Å². The van der Waals surface area contributed by atoms with Gasteiger partial charge in [0.2, 0.25) is 0 Å². The molecule has 0 fully saturated rings. The van der Waals surface area contributed by atoms with Crippen LogP contribution in [0.4, 0.5) is 0 Å². The zero-order chi connectivity index (χ0) is 12.0. The molecule has 1 aliphatic heterocycles. The minimum atomic E-state index is -2.88. The molecule has 0 bridgehead atoms. The molecule has 2 heterocycles. The van der Waals surface area contributed by atoms with Crippen LogP contribution in [0.3, 0.4) is 0 Å². The molecule has 3 nitrogen and oxygen atoms in total. The molecule has 0 atom stereocenters. The van der Waals surface area contributed by atoms with Crippen molar-refractivity contribution in [3.8, 4) is 0 Å². The molecule has 0 radical (unpaired) electrons. The maximum atomic E-state index is 11.5. The lowest BCUT2D eigenvalue weighted by Gasteiger charge is -2.22. The van der Waals surface area contributed by atoms with E-state index in [0.29, 0.717) is 6.42 Å². The first-order valence-corrected chi connectivity index (χ1v) is 7.29. The van der Waals surface area contributed by atoms with Crippen LogP contribution in [0.15, 0.2) is 12.3 Å². The molecule has 0 spiro atoms. The second-order valence-corrected chi connectivity index (χ2v) is 7.61. The van der Waals surface area contributed by atoms with Gasteiger partial charge in [0.05, 0.1) is 11.5 Å². The second-order valence-electron chi connectivity index (χ2n) is 5.43. The number of rotatable bonds is 0. The number of aromatic nitrogens is 1. The van der Waals surface area contributed by atoms with Gasteiger partial charge >= 0.3 is 0 Å². The fraction of sp³-hybridized carbons (Fsp3) is 0.583. The third-order valence-corrected chi connectivity index (χ3v) is 4.49. The second kappa shape index (κ2) is 3.55. The van der Waals surface area contributed by atoms with Gasteiger partial charge in [-0.15, -0.1) is 0 Å². The van der Waals surface area contributed by atoms with Crippen molar-refractivity contribution in [3.63, 3.8) is 0 Å². The summed E-state index contributed by atoms with van der Waals surface area (Å²) in [6.45, 7) is 6.34. The lowest BCUT2D eigenvalue weighted by Crippen LogP contribution is -2.21. The maximum Gasteiger partial charge on any atom is 0.154 e. The summed E-state index contributed by atoms with van der Waals surface area (Å²) in [5.41, 5.74) is 3.07. The topological polar surface area (TPSA) is 47.0 Å². The van der Waals surface area contributed by atoms with Gasteiger partial charge < -0.3 is 0 Å². The molecular formula is C12H17NO2S. The van der Waals surface area contributed by atoms with Crippen LogP contribution >= 0.6 is 0 Å². The van der Waals surface area contributed by atoms with E-state index in [1.807, 2.05) is 0 Å². The SMILES string of the molecule is CC(C)(C)c1cc2c(cn1)CS(=O)(=O)CC2. The Labute approximate surface area is 96.8 Å². The summed E-state index contributed by atoms with van der Waals surface area (Å²) >= 11 is 0. The first-order valence-electron chi connectivity index (χ1n) is 5.47. The molecule has 2 rings (SSSR count). The highest BCUT2D eigenvalue weighted by Crippen LogP contribution is 2.26. The number of hydrogen-bond acceptors (Lipinski definition) is 3. The molecule has 4 heteroatoms. The lowest BCUT2D eigenvalue weighted by molar-refractivity contribution is 0.565. The summed E-state index contributed by atoms with van der Waals surface area (Å²) in [6.07, 6.45) is 2.36. The number of hydrogen-bond donors (Lipinski definition) is 0. The van der Waals surface area contributed by atoms with E-state index in [9.17, 15) is 8.42 Å². The van der Waals surface area contributed by atoms with Crippen molar-refractivity contribution in [2.75, 3.05) is 5.75 Å². The summed E-state index contributed by atoms with van der Waals surface area (Å²) in [7, 11) is -2.88. The van der Waals surface area contributed by atoms with Crippen LogP contribution in [0.5, 0.6) is 0 Å². The average molecular weight is 239 g/mol. The van der Waals surface area contributed by atoms with E-state index >= 15 is 0 Å². The molecule has 88 valence electrons. The van der Waals surface area contributed by atoms with E-state index in [1.54, 1.807) is 6.20 Å². The first-order chi connectivity index (χ1) is 7.28. The van der Waals surface area contributed by atoms with Gasteiger partial charge in [-0.1, -0.05) is 20.8 Å². The smallest absolute Gasteiger partial charge is 0.154 e. The standard InChI is InChI=1S/C12H17NO2S/c1-12(2,3)11-6-9-4-5-16(14,15)8-10(9)7-13-11/h6-7H,4-5,8H2,1-3H3. The summed E-state index contributed by atoms with van der Waals surface area (Å²) < 4.78 is 22.9. The van der Waals surface area contributed by atoms with E-state index < -0.39 is 9.84 Å².